The highest BCUT2D eigenvalue weighted by Gasteiger charge is 2.14. The van der Waals surface area contributed by atoms with Gasteiger partial charge >= 0.3 is 0 Å². The molecule has 0 radical (unpaired) electrons. The first-order chi connectivity index (χ1) is 9.88. The van der Waals surface area contributed by atoms with Crippen LogP contribution in [0.25, 0.3) is 0 Å². The number of hydrogen-bond donors (Lipinski definition) is 1. The van der Waals surface area contributed by atoms with E-state index in [4.69, 9.17) is 23.2 Å². The summed E-state index contributed by atoms with van der Waals surface area (Å²) in [5.74, 6) is -0.113. The summed E-state index contributed by atoms with van der Waals surface area (Å²) >= 11 is 12.0. The number of carbonyl (C=O) groups excluding carboxylic acids is 1. The zero-order chi connectivity index (χ0) is 15.6. The number of anilines is 1. The number of nitrogens with zero attached hydrogens (tertiary/aromatic N) is 2. The third-order valence-electron chi connectivity index (χ3n) is 3.02. The summed E-state index contributed by atoms with van der Waals surface area (Å²) in [7, 11) is 0. The standard InChI is InChI=1S/C15H15Cl2N3O/c1-8(2)11-6-10(7-12(16)19-11)15(21)20-13-9(3)4-5-18-14(13)17/h4-8H,1-3H3,(H,20,21). The predicted octanol–water partition coefficient (Wildman–Crippen LogP) is 4.47. The van der Waals surface area contributed by atoms with Gasteiger partial charge in [-0.2, -0.15) is 0 Å². The summed E-state index contributed by atoms with van der Waals surface area (Å²) in [5.41, 5.74) is 2.55. The number of rotatable bonds is 3. The molecule has 21 heavy (non-hydrogen) atoms. The van der Waals surface area contributed by atoms with Crippen molar-refractivity contribution in [3.05, 3.63) is 51.5 Å². The minimum Gasteiger partial charge on any atom is -0.319 e. The van der Waals surface area contributed by atoms with Crippen LogP contribution in [0.1, 0.15) is 41.4 Å². The fraction of sp³-hybridized carbons (Fsp3) is 0.267. The van der Waals surface area contributed by atoms with Gasteiger partial charge in [-0.1, -0.05) is 37.0 Å². The van der Waals surface area contributed by atoms with Crippen LogP contribution in [0.5, 0.6) is 0 Å². The molecule has 0 aliphatic heterocycles. The number of nitrogens with one attached hydrogen (secondary N) is 1. The van der Waals surface area contributed by atoms with Crippen molar-refractivity contribution in [3.63, 3.8) is 0 Å². The SMILES string of the molecule is Cc1ccnc(Cl)c1NC(=O)c1cc(Cl)nc(C(C)C)c1. The van der Waals surface area contributed by atoms with Gasteiger partial charge in [-0.05, 0) is 36.6 Å². The molecule has 0 bridgehead atoms. The Bertz CT molecular complexity index is 666. The van der Waals surface area contributed by atoms with E-state index in [1.807, 2.05) is 20.8 Å². The number of pyridine rings is 2. The Balaban J connectivity index is 2.33. The van der Waals surface area contributed by atoms with Crippen molar-refractivity contribution in [2.45, 2.75) is 26.7 Å². The highest BCUT2D eigenvalue weighted by atomic mass is 35.5. The van der Waals surface area contributed by atoms with Crippen LogP contribution in [0.3, 0.4) is 0 Å². The number of amides is 1. The highest BCUT2D eigenvalue weighted by molar-refractivity contribution is 6.33. The Morgan fingerprint density at radius 2 is 2.00 bits per heavy atom. The van der Waals surface area contributed by atoms with Gasteiger partial charge in [0.05, 0.1) is 5.69 Å². The Morgan fingerprint density at radius 1 is 1.29 bits per heavy atom. The van der Waals surface area contributed by atoms with Gasteiger partial charge in [0.25, 0.3) is 5.91 Å². The maximum absolute atomic E-state index is 12.4. The van der Waals surface area contributed by atoms with E-state index in [0.717, 1.165) is 11.3 Å². The summed E-state index contributed by atoms with van der Waals surface area (Å²) in [4.78, 5) is 20.5. The van der Waals surface area contributed by atoms with Crippen molar-refractivity contribution in [2.75, 3.05) is 5.32 Å². The molecule has 0 fully saturated rings. The van der Waals surface area contributed by atoms with Gasteiger partial charge < -0.3 is 5.32 Å². The van der Waals surface area contributed by atoms with Crippen LogP contribution in [-0.4, -0.2) is 15.9 Å². The summed E-state index contributed by atoms with van der Waals surface area (Å²) < 4.78 is 0. The van der Waals surface area contributed by atoms with E-state index < -0.39 is 0 Å². The topological polar surface area (TPSA) is 54.9 Å². The van der Waals surface area contributed by atoms with Gasteiger partial charge in [0.1, 0.15) is 5.15 Å². The first-order valence-corrected chi connectivity index (χ1v) is 7.24. The third-order valence-corrected chi connectivity index (χ3v) is 3.50. The molecule has 4 nitrogen and oxygen atoms in total. The summed E-state index contributed by atoms with van der Waals surface area (Å²) in [6.45, 7) is 5.83. The Morgan fingerprint density at radius 3 is 2.62 bits per heavy atom. The molecular formula is C15H15Cl2N3O. The van der Waals surface area contributed by atoms with Crippen LogP contribution in [0.4, 0.5) is 5.69 Å². The molecule has 2 rings (SSSR count). The van der Waals surface area contributed by atoms with Gasteiger partial charge in [0, 0.05) is 17.5 Å². The molecule has 0 aromatic carbocycles. The van der Waals surface area contributed by atoms with Crippen molar-refractivity contribution >= 4 is 34.8 Å². The molecule has 0 unspecified atom stereocenters. The van der Waals surface area contributed by atoms with E-state index >= 15 is 0 Å². The number of aromatic nitrogens is 2. The quantitative estimate of drug-likeness (QED) is 0.848. The molecule has 2 aromatic rings. The first-order valence-electron chi connectivity index (χ1n) is 6.48. The van der Waals surface area contributed by atoms with Gasteiger partial charge in [0.2, 0.25) is 0 Å². The van der Waals surface area contributed by atoms with Gasteiger partial charge in [-0.3, -0.25) is 4.79 Å². The minimum atomic E-state index is -0.292. The fourth-order valence-electron chi connectivity index (χ4n) is 1.80. The zero-order valence-electron chi connectivity index (χ0n) is 11.9. The van der Waals surface area contributed by atoms with Crippen LogP contribution >= 0.6 is 23.2 Å². The normalized spacial score (nSPS) is 10.8. The lowest BCUT2D eigenvalue weighted by Crippen LogP contribution is -2.14. The van der Waals surface area contributed by atoms with Crippen LogP contribution in [0.2, 0.25) is 10.3 Å². The Labute approximate surface area is 133 Å². The largest absolute Gasteiger partial charge is 0.319 e. The van der Waals surface area contributed by atoms with Crippen molar-refractivity contribution in [1.29, 1.82) is 0 Å². The molecule has 0 saturated heterocycles. The summed E-state index contributed by atoms with van der Waals surface area (Å²) in [6.07, 6.45) is 1.59. The summed E-state index contributed by atoms with van der Waals surface area (Å²) in [6, 6.07) is 5.04. The van der Waals surface area contributed by atoms with E-state index in [1.54, 1.807) is 18.3 Å². The van der Waals surface area contributed by atoms with E-state index in [2.05, 4.69) is 15.3 Å². The Hall–Kier alpha value is -1.65. The molecule has 2 heterocycles. The maximum Gasteiger partial charge on any atom is 0.255 e. The summed E-state index contributed by atoms with van der Waals surface area (Å²) in [5, 5.41) is 3.32. The second kappa shape index (κ2) is 6.41. The van der Waals surface area contributed by atoms with Crippen LogP contribution in [-0.2, 0) is 0 Å². The third kappa shape index (κ3) is 3.71. The molecule has 0 spiro atoms. The van der Waals surface area contributed by atoms with Gasteiger partial charge in [-0.15, -0.1) is 0 Å². The molecule has 110 valence electrons. The first kappa shape index (κ1) is 15.7. The number of hydrogen-bond acceptors (Lipinski definition) is 3. The molecule has 6 heteroatoms. The zero-order valence-corrected chi connectivity index (χ0v) is 13.5. The molecule has 0 aliphatic rings. The van der Waals surface area contributed by atoms with E-state index in [1.165, 1.54) is 6.07 Å². The number of carbonyl (C=O) groups is 1. The average Bonchev–Trinajstić information content (AvgIpc) is 2.42. The van der Waals surface area contributed by atoms with Crippen molar-refractivity contribution in [1.82, 2.24) is 9.97 Å². The highest BCUT2D eigenvalue weighted by Crippen LogP contribution is 2.24. The van der Waals surface area contributed by atoms with Gasteiger partial charge in [0.15, 0.2) is 5.15 Å². The second-order valence-corrected chi connectivity index (χ2v) is 5.75. The number of halogens is 2. The lowest BCUT2D eigenvalue weighted by atomic mass is 10.1. The lowest BCUT2D eigenvalue weighted by molar-refractivity contribution is 0.102. The van der Waals surface area contributed by atoms with Crippen molar-refractivity contribution in [2.24, 2.45) is 0 Å². The molecule has 0 saturated carbocycles. The van der Waals surface area contributed by atoms with Crippen LogP contribution in [0, 0.1) is 6.92 Å². The monoisotopic (exact) mass is 323 g/mol. The maximum atomic E-state index is 12.4. The van der Waals surface area contributed by atoms with Crippen molar-refractivity contribution in [3.8, 4) is 0 Å². The molecule has 0 aliphatic carbocycles. The number of aryl methyl sites for hydroxylation is 1. The van der Waals surface area contributed by atoms with E-state index in [9.17, 15) is 4.79 Å². The minimum absolute atomic E-state index is 0.180. The van der Waals surface area contributed by atoms with Gasteiger partial charge in [-0.25, -0.2) is 9.97 Å². The molecule has 1 amide bonds. The average molecular weight is 324 g/mol. The lowest BCUT2D eigenvalue weighted by Gasteiger charge is -2.11. The van der Waals surface area contributed by atoms with Crippen LogP contribution < -0.4 is 5.32 Å². The molecular weight excluding hydrogens is 309 g/mol. The Kier molecular flexibility index (Phi) is 4.80. The fourth-order valence-corrected chi connectivity index (χ4v) is 2.27. The van der Waals surface area contributed by atoms with E-state index in [-0.39, 0.29) is 17.0 Å². The molecule has 1 N–H and O–H groups in total. The van der Waals surface area contributed by atoms with Crippen molar-refractivity contribution < 1.29 is 4.79 Å². The smallest absolute Gasteiger partial charge is 0.255 e. The van der Waals surface area contributed by atoms with Crippen LogP contribution in [0.15, 0.2) is 24.4 Å². The molecule has 0 atom stereocenters. The second-order valence-electron chi connectivity index (χ2n) is 5.01. The predicted molar refractivity (Wildman–Crippen MR) is 85.3 cm³/mol. The van der Waals surface area contributed by atoms with E-state index in [0.29, 0.717) is 16.4 Å². The molecule has 2 aromatic heterocycles.